The van der Waals surface area contributed by atoms with Crippen LogP contribution in [0.1, 0.15) is 60.3 Å². The average molecular weight is 360 g/mol. The third kappa shape index (κ3) is 2.96. The number of Topliss-reactive ketones (excluding diaryl/α,β-unsaturated/α-hetero) is 1. The van der Waals surface area contributed by atoms with Crippen molar-refractivity contribution in [1.29, 1.82) is 0 Å². The van der Waals surface area contributed by atoms with Gasteiger partial charge >= 0.3 is 0 Å². The molecule has 0 radical (unpaired) electrons. The van der Waals surface area contributed by atoms with Gasteiger partial charge in [0.1, 0.15) is 5.41 Å². The number of hydrogen-bond acceptors (Lipinski definition) is 3. The molecule has 1 heterocycles. The number of nitrogens with one attached hydrogen (secondary N) is 1. The molecule has 0 aromatic carbocycles. The fourth-order valence-electron chi connectivity index (χ4n) is 5.57. The maximum absolute atomic E-state index is 13.5. The second kappa shape index (κ2) is 6.95. The highest BCUT2D eigenvalue weighted by atomic mass is 16.3. The van der Waals surface area contributed by atoms with Crippen LogP contribution < -0.4 is 5.32 Å². The zero-order valence-corrected chi connectivity index (χ0v) is 16.7. The Morgan fingerprint density at radius 2 is 1.96 bits per heavy atom. The molecule has 26 heavy (non-hydrogen) atoms. The number of aliphatic hydroxyl groups is 1. The van der Waals surface area contributed by atoms with Gasteiger partial charge in [-0.2, -0.15) is 0 Å². The third-order valence-electron chi connectivity index (χ3n) is 6.85. The maximum atomic E-state index is 13.5. The summed E-state index contributed by atoms with van der Waals surface area (Å²) in [6, 6.07) is 0.0229. The van der Waals surface area contributed by atoms with Crippen molar-refractivity contribution < 1.29 is 14.7 Å². The Bertz CT molecular complexity index is 662. The van der Waals surface area contributed by atoms with Crippen LogP contribution in [0.5, 0.6) is 0 Å². The lowest BCUT2D eigenvalue weighted by Crippen LogP contribution is -2.53. The van der Waals surface area contributed by atoms with Crippen LogP contribution in [0.3, 0.4) is 0 Å². The Labute approximate surface area is 157 Å². The standard InChI is InChI=1S/C22H33NO3/c1-12(2)8-18-20-15(5)14(4)10-16-9-13(3)6-7-17(24)11-19(25)22(16,20)21(26)23-18/h6,10,12,15-18,20,24H,7-9,11H2,1-5H3,(H,23,26)/b13-6-/t15-,16+,17+,18+,20+,22-/m1/s1. The molecule has 0 aromatic rings. The van der Waals surface area contributed by atoms with E-state index in [4.69, 9.17) is 0 Å². The van der Waals surface area contributed by atoms with E-state index < -0.39 is 11.5 Å². The van der Waals surface area contributed by atoms with Gasteiger partial charge in [0.2, 0.25) is 5.91 Å². The summed E-state index contributed by atoms with van der Waals surface area (Å²) in [7, 11) is 0. The Morgan fingerprint density at radius 3 is 2.62 bits per heavy atom. The number of aliphatic hydroxyl groups excluding tert-OH is 1. The first-order chi connectivity index (χ1) is 12.2. The van der Waals surface area contributed by atoms with E-state index in [2.05, 4.69) is 39.1 Å². The Hall–Kier alpha value is -1.42. The molecule has 4 nitrogen and oxygen atoms in total. The molecule has 144 valence electrons. The number of rotatable bonds is 2. The lowest BCUT2D eigenvalue weighted by atomic mass is 9.54. The number of ketones is 1. The highest BCUT2D eigenvalue weighted by molar-refractivity contribution is 6.09. The van der Waals surface area contributed by atoms with Crippen molar-refractivity contribution in [2.45, 2.75) is 72.4 Å². The van der Waals surface area contributed by atoms with Crippen LogP contribution in [0.2, 0.25) is 0 Å². The molecule has 0 saturated carbocycles. The fraction of sp³-hybridized carbons (Fsp3) is 0.727. The predicted molar refractivity (Wildman–Crippen MR) is 102 cm³/mol. The minimum atomic E-state index is -1.03. The topological polar surface area (TPSA) is 66.4 Å². The summed E-state index contributed by atoms with van der Waals surface area (Å²) >= 11 is 0. The zero-order valence-electron chi connectivity index (χ0n) is 16.7. The third-order valence-corrected chi connectivity index (χ3v) is 6.85. The summed E-state index contributed by atoms with van der Waals surface area (Å²) in [5, 5.41) is 13.5. The van der Waals surface area contributed by atoms with Gasteiger partial charge in [-0.05, 0) is 44.9 Å². The molecule has 3 rings (SSSR count). The molecule has 1 amide bonds. The van der Waals surface area contributed by atoms with E-state index in [1.807, 2.05) is 13.0 Å². The molecule has 0 aromatic heterocycles. The van der Waals surface area contributed by atoms with Gasteiger partial charge in [-0.15, -0.1) is 0 Å². The quantitative estimate of drug-likeness (QED) is 0.586. The van der Waals surface area contributed by atoms with Gasteiger partial charge in [-0.25, -0.2) is 0 Å². The summed E-state index contributed by atoms with van der Waals surface area (Å²) in [6.45, 7) is 10.7. The minimum absolute atomic E-state index is 0.0229. The van der Waals surface area contributed by atoms with E-state index in [1.54, 1.807) is 0 Å². The van der Waals surface area contributed by atoms with Gasteiger partial charge in [0.05, 0.1) is 6.10 Å². The predicted octanol–water partition coefficient (Wildman–Crippen LogP) is 3.41. The Morgan fingerprint density at radius 1 is 1.27 bits per heavy atom. The average Bonchev–Trinajstić information content (AvgIpc) is 2.84. The van der Waals surface area contributed by atoms with Crippen molar-refractivity contribution in [1.82, 2.24) is 5.32 Å². The van der Waals surface area contributed by atoms with Gasteiger partial charge in [-0.3, -0.25) is 9.59 Å². The first-order valence-electron chi connectivity index (χ1n) is 10.0. The number of carbonyl (C=O) groups is 2. The van der Waals surface area contributed by atoms with E-state index in [9.17, 15) is 14.7 Å². The molecule has 2 N–H and O–H groups in total. The van der Waals surface area contributed by atoms with Crippen LogP contribution in [-0.4, -0.2) is 28.9 Å². The summed E-state index contributed by atoms with van der Waals surface area (Å²) in [4.78, 5) is 26.8. The molecule has 0 bridgehead atoms. The van der Waals surface area contributed by atoms with Crippen LogP contribution in [0.25, 0.3) is 0 Å². The van der Waals surface area contributed by atoms with Crippen LogP contribution >= 0.6 is 0 Å². The van der Waals surface area contributed by atoms with Crippen LogP contribution in [0, 0.1) is 29.1 Å². The SMILES string of the molecule is CC1=C[C@@H]2C/C(C)=C\C[C@H](O)CC(=O)[C@]23C(=O)N[C@@H](CC(C)C)[C@@H]3[C@@H]1C. The second-order valence-electron chi connectivity index (χ2n) is 9.18. The van der Waals surface area contributed by atoms with Crippen molar-refractivity contribution in [3.63, 3.8) is 0 Å². The smallest absolute Gasteiger partial charge is 0.234 e. The lowest BCUT2D eigenvalue weighted by molar-refractivity contribution is -0.147. The van der Waals surface area contributed by atoms with Crippen LogP contribution in [-0.2, 0) is 9.59 Å². The Kier molecular flexibility index (Phi) is 5.17. The summed E-state index contributed by atoms with van der Waals surface area (Å²) in [6.07, 6.45) is 5.65. The van der Waals surface area contributed by atoms with E-state index in [0.717, 1.165) is 12.0 Å². The number of allylic oxidation sites excluding steroid dienone is 3. The Balaban J connectivity index is 2.16. The molecular weight excluding hydrogens is 326 g/mol. The molecule has 3 aliphatic rings. The van der Waals surface area contributed by atoms with Gasteiger partial charge in [0, 0.05) is 24.3 Å². The van der Waals surface area contributed by atoms with E-state index in [-0.39, 0.29) is 41.9 Å². The highest BCUT2D eigenvalue weighted by Gasteiger charge is 2.65. The monoisotopic (exact) mass is 359 g/mol. The van der Waals surface area contributed by atoms with Crippen LogP contribution in [0.4, 0.5) is 0 Å². The van der Waals surface area contributed by atoms with E-state index in [1.165, 1.54) is 5.57 Å². The molecular formula is C22H33NO3. The van der Waals surface area contributed by atoms with E-state index in [0.29, 0.717) is 18.8 Å². The first-order valence-corrected chi connectivity index (χ1v) is 10.0. The van der Waals surface area contributed by atoms with E-state index >= 15 is 0 Å². The summed E-state index contributed by atoms with van der Waals surface area (Å²) in [5.74, 6) is 0.307. The first kappa shape index (κ1) is 19.3. The molecule has 0 unspecified atom stereocenters. The largest absolute Gasteiger partial charge is 0.392 e. The molecule has 6 atom stereocenters. The number of hydrogen-bond donors (Lipinski definition) is 2. The highest BCUT2D eigenvalue weighted by Crippen LogP contribution is 2.56. The summed E-state index contributed by atoms with van der Waals surface area (Å²) < 4.78 is 0. The van der Waals surface area contributed by atoms with Crippen LogP contribution in [0.15, 0.2) is 23.3 Å². The number of amides is 1. The van der Waals surface area contributed by atoms with Crippen molar-refractivity contribution in [2.75, 3.05) is 0 Å². The molecule has 1 saturated heterocycles. The molecule has 1 spiro atoms. The lowest BCUT2D eigenvalue weighted by Gasteiger charge is -2.46. The molecule has 4 heteroatoms. The molecule has 1 aliphatic heterocycles. The fourth-order valence-corrected chi connectivity index (χ4v) is 5.57. The van der Waals surface area contributed by atoms with Gasteiger partial charge in [0.25, 0.3) is 0 Å². The van der Waals surface area contributed by atoms with Crippen molar-refractivity contribution in [3.05, 3.63) is 23.3 Å². The van der Waals surface area contributed by atoms with Crippen molar-refractivity contribution >= 4 is 11.7 Å². The van der Waals surface area contributed by atoms with Gasteiger partial charge in [0.15, 0.2) is 5.78 Å². The minimum Gasteiger partial charge on any atom is -0.392 e. The zero-order chi connectivity index (χ0) is 19.2. The number of carbonyl (C=O) groups excluding carboxylic acids is 2. The van der Waals surface area contributed by atoms with Crippen molar-refractivity contribution in [2.24, 2.45) is 29.1 Å². The molecule has 1 fully saturated rings. The normalized spacial score (nSPS) is 42.7. The second-order valence-corrected chi connectivity index (χ2v) is 9.18. The molecule has 2 aliphatic carbocycles. The summed E-state index contributed by atoms with van der Waals surface area (Å²) in [5.41, 5.74) is 1.40. The van der Waals surface area contributed by atoms with Gasteiger partial charge < -0.3 is 10.4 Å². The maximum Gasteiger partial charge on any atom is 0.234 e. The van der Waals surface area contributed by atoms with Crippen molar-refractivity contribution in [3.8, 4) is 0 Å². The van der Waals surface area contributed by atoms with Gasteiger partial charge in [-0.1, -0.05) is 44.1 Å².